The number of aromatic nitrogens is 2. The summed E-state index contributed by atoms with van der Waals surface area (Å²) in [5, 5.41) is 0. The number of hydrogen-bond acceptors (Lipinski definition) is 3. The minimum atomic E-state index is 0.357. The van der Waals surface area contributed by atoms with Gasteiger partial charge in [0.05, 0.1) is 6.33 Å². The largest absolute Gasteiger partial charge is 0.326 e. The number of benzene rings is 1. The lowest BCUT2D eigenvalue weighted by Gasteiger charge is -2.15. The van der Waals surface area contributed by atoms with Crippen LogP contribution in [-0.2, 0) is 6.54 Å². The minimum absolute atomic E-state index is 0.357. The molecule has 1 saturated heterocycles. The van der Waals surface area contributed by atoms with E-state index in [2.05, 4.69) is 34.1 Å². The predicted molar refractivity (Wildman–Crippen MR) is 71.4 cm³/mol. The molecule has 4 nitrogen and oxygen atoms in total. The van der Waals surface area contributed by atoms with Gasteiger partial charge in [0, 0.05) is 43.8 Å². The smallest absolute Gasteiger partial charge is 0.0991 e. The maximum atomic E-state index is 5.92. The van der Waals surface area contributed by atoms with Gasteiger partial charge in [-0.25, -0.2) is 4.98 Å². The first-order valence-corrected chi connectivity index (χ1v) is 6.36. The minimum Gasteiger partial charge on any atom is -0.326 e. The molecule has 0 spiro atoms. The van der Waals surface area contributed by atoms with Gasteiger partial charge in [0.25, 0.3) is 0 Å². The zero-order valence-electron chi connectivity index (χ0n) is 10.4. The molecule has 1 fully saturated rings. The Kier molecular flexibility index (Phi) is 3.13. The second kappa shape index (κ2) is 4.92. The molecular weight excluding hydrogens is 224 g/mol. The van der Waals surface area contributed by atoms with Crippen LogP contribution in [0.4, 0.5) is 0 Å². The lowest BCUT2D eigenvalue weighted by molar-refractivity contribution is 0.327. The summed E-state index contributed by atoms with van der Waals surface area (Å²) in [4.78, 5) is 6.47. The molecule has 0 amide bonds. The summed E-state index contributed by atoms with van der Waals surface area (Å²) in [5.41, 5.74) is 8.40. The van der Waals surface area contributed by atoms with Crippen LogP contribution in [0.15, 0.2) is 43.0 Å². The van der Waals surface area contributed by atoms with Crippen LogP contribution >= 0.6 is 0 Å². The third-order valence-corrected chi connectivity index (χ3v) is 3.45. The fourth-order valence-corrected chi connectivity index (χ4v) is 2.45. The summed E-state index contributed by atoms with van der Waals surface area (Å²) >= 11 is 0. The second-order valence-electron chi connectivity index (χ2n) is 4.92. The molecular formula is C14H18N4. The van der Waals surface area contributed by atoms with Gasteiger partial charge in [0.15, 0.2) is 0 Å². The SMILES string of the molecule is N[C@H]1CCN(Cc2ccc(-n3ccnc3)cc2)C1. The van der Waals surface area contributed by atoms with Crippen molar-refractivity contribution in [2.24, 2.45) is 5.73 Å². The molecule has 1 aliphatic heterocycles. The average molecular weight is 242 g/mol. The molecule has 4 heteroatoms. The number of rotatable bonds is 3. The maximum absolute atomic E-state index is 5.92. The molecule has 18 heavy (non-hydrogen) atoms. The van der Waals surface area contributed by atoms with E-state index < -0.39 is 0 Å². The van der Waals surface area contributed by atoms with Crippen molar-refractivity contribution in [1.82, 2.24) is 14.5 Å². The van der Waals surface area contributed by atoms with Gasteiger partial charge in [-0.1, -0.05) is 12.1 Å². The molecule has 0 bridgehead atoms. The fourth-order valence-electron chi connectivity index (χ4n) is 2.45. The van der Waals surface area contributed by atoms with Crippen molar-refractivity contribution >= 4 is 0 Å². The molecule has 2 N–H and O–H groups in total. The topological polar surface area (TPSA) is 47.1 Å². The van der Waals surface area contributed by atoms with Crippen LogP contribution in [0.3, 0.4) is 0 Å². The molecule has 3 rings (SSSR count). The Morgan fingerprint density at radius 1 is 1.28 bits per heavy atom. The van der Waals surface area contributed by atoms with Gasteiger partial charge in [-0.3, -0.25) is 4.90 Å². The Balaban J connectivity index is 1.68. The van der Waals surface area contributed by atoms with E-state index in [4.69, 9.17) is 5.73 Å². The van der Waals surface area contributed by atoms with E-state index in [9.17, 15) is 0 Å². The van der Waals surface area contributed by atoms with E-state index in [1.165, 1.54) is 5.56 Å². The predicted octanol–water partition coefficient (Wildman–Crippen LogP) is 1.41. The lowest BCUT2D eigenvalue weighted by atomic mass is 10.2. The first-order chi connectivity index (χ1) is 8.81. The van der Waals surface area contributed by atoms with Gasteiger partial charge in [-0.2, -0.15) is 0 Å². The third-order valence-electron chi connectivity index (χ3n) is 3.45. The molecule has 1 aromatic carbocycles. The summed E-state index contributed by atoms with van der Waals surface area (Å²) in [5.74, 6) is 0. The third kappa shape index (κ3) is 2.44. The average Bonchev–Trinajstić information content (AvgIpc) is 3.02. The van der Waals surface area contributed by atoms with Crippen molar-refractivity contribution in [3.63, 3.8) is 0 Å². The second-order valence-corrected chi connectivity index (χ2v) is 4.92. The van der Waals surface area contributed by atoms with E-state index >= 15 is 0 Å². The standard InChI is InChI=1S/C14H18N4/c15-13-5-7-17(10-13)9-12-1-3-14(4-2-12)18-8-6-16-11-18/h1-4,6,8,11,13H,5,7,9-10,15H2/t13-/m0/s1. The van der Waals surface area contributed by atoms with Gasteiger partial charge in [0.1, 0.15) is 0 Å². The summed E-state index contributed by atoms with van der Waals surface area (Å²) in [7, 11) is 0. The molecule has 2 aromatic rings. The van der Waals surface area contributed by atoms with Crippen LogP contribution in [-0.4, -0.2) is 33.6 Å². The molecule has 1 atom stereocenters. The summed E-state index contributed by atoms with van der Waals surface area (Å²) in [6.07, 6.45) is 6.68. The number of nitrogens with two attached hydrogens (primary N) is 1. The van der Waals surface area contributed by atoms with Crippen molar-refractivity contribution in [3.05, 3.63) is 48.5 Å². The Morgan fingerprint density at radius 2 is 2.11 bits per heavy atom. The van der Waals surface area contributed by atoms with Crippen molar-refractivity contribution in [1.29, 1.82) is 0 Å². The van der Waals surface area contributed by atoms with Gasteiger partial charge in [0.2, 0.25) is 0 Å². The highest BCUT2D eigenvalue weighted by Crippen LogP contribution is 2.14. The van der Waals surface area contributed by atoms with Gasteiger partial charge >= 0.3 is 0 Å². The Hall–Kier alpha value is -1.65. The first-order valence-electron chi connectivity index (χ1n) is 6.36. The van der Waals surface area contributed by atoms with Crippen LogP contribution in [0.5, 0.6) is 0 Å². The fraction of sp³-hybridized carbons (Fsp3) is 0.357. The molecule has 1 aliphatic rings. The van der Waals surface area contributed by atoms with Crippen LogP contribution in [0, 0.1) is 0 Å². The zero-order valence-corrected chi connectivity index (χ0v) is 10.4. The van der Waals surface area contributed by atoms with Crippen molar-refractivity contribution in [3.8, 4) is 5.69 Å². The number of imidazole rings is 1. The number of nitrogens with zero attached hydrogens (tertiary/aromatic N) is 3. The van der Waals surface area contributed by atoms with E-state index in [1.807, 2.05) is 17.1 Å². The Bertz CT molecular complexity index is 489. The van der Waals surface area contributed by atoms with E-state index in [-0.39, 0.29) is 0 Å². The molecule has 1 aromatic heterocycles. The summed E-state index contributed by atoms with van der Waals surface area (Å²) in [6.45, 7) is 3.13. The molecule has 94 valence electrons. The van der Waals surface area contributed by atoms with E-state index in [0.717, 1.165) is 31.7 Å². The number of hydrogen-bond donors (Lipinski definition) is 1. The lowest BCUT2D eigenvalue weighted by Crippen LogP contribution is -2.26. The molecule has 0 unspecified atom stereocenters. The summed E-state index contributed by atoms with van der Waals surface area (Å²) in [6, 6.07) is 8.98. The molecule has 0 aliphatic carbocycles. The van der Waals surface area contributed by atoms with Gasteiger partial charge in [-0.15, -0.1) is 0 Å². The molecule has 2 heterocycles. The highest BCUT2D eigenvalue weighted by Gasteiger charge is 2.18. The quantitative estimate of drug-likeness (QED) is 0.885. The van der Waals surface area contributed by atoms with Crippen molar-refractivity contribution < 1.29 is 0 Å². The Morgan fingerprint density at radius 3 is 2.72 bits per heavy atom. The maximum Gasteiger partial charge on any atom is 0.0991 e. The normalized spacial score (nSPS) is 20.4. The van der Waals surface area contributed by atoms with Crippen molar-refractivity contribution in [2.75, 3.05) is 13.1 Å². The Labute approximate surface area is 107 Å². The van der Waals surface area contributed by atoms with E-state index in [1.54, 1.807) is 6.20 Å². The summed E-state index contributed by atoms with van der Waals surface area (Å²) < 4.78 is 2.01. The van der Waals surface area contributed by atoms with Gasteiger partial charge in [-0.05, 0) is 24.1 Å². The molecule has 0 radical (unpaired) electrons. The van der Waals surface area contributed by atoms with Crippen LogP contribution in [0.1, 0.15) is 12.0 Å². The number of likely N-dealkylation sites (tertiary alicyclic amines) is 1. The van der Waals surface area contributed by atoms with Crippen LogP contribution < -0.4 is 5.73 Å². The van der Waals surface area contributed by atoms with Crippen LogP contribution in [0.25, 0.3) is 5.69 Å². The highest BCUT2D eigenvalue weighted by molar-refractivity contribution is 5.34. The molecule has 0 saturated carbocycles. The first kappa shape index (κ1) is 11.4. The highest BCUT2D eigenvalue weighted by atomic mass is 15.2. The van der Waals surface area contributed by atoms with Crippen LogP contribution in [0.2, 0.25) is 0 Å². The van der Waals surface area contributed by atoms with E-state index in [0.29, 0.717) is 6.04 Å². The monoisotopic (exact) mass is 242 g/mol. The van der Waals surface area contributed by atoms with Crippen molar-refractivity contribution in [2.45, 2.75) is 19.0 Å². The van der Waals surface area contributed by atoms with Gasteiger partial charge < -0.3 is 10.3 Å². The zero-order chi connectivity index (χ0) is 12.4.